The maximum atomic E-state index is 2.48. The summed E-state index contributed by atoms with van der Waals surface area (Å²) in [5.41, 5.74) is 13.2. The molecule has 0 saturated heterocycles. The van der Waals surface area contributed by atoms with Gasteiger partial charge in [0, 0.05) is 31.2 Å². The smallest absolute Gasteiger partial charge is 0.0437 e. The molecule has 9 aromatic rings. The Hall–Kier alpha value is -5.50. The Bertz CT molecular complexity index is 2670. The summed E-state index contributed by atoms with van der Waals surface area (Å²) in [5, 5.41) is 7.84. The molecule has 1 heteroatoms. The van der Waals surface area contributed by atoms with Gasteiger partial charge >= 0.3 is 0 Å². The van der Waals surface area contributed by atoms with E-state index in [-0.39, 0.29) is 5.41 Å². The lowest BCUT2D eigenvalue weighted by atomic mass is 9.78. The first-order valence-corrected chi connectivity index (χ1v) is 17.6. The van der Waals surface area contributed by atoms with Crippen molar-refractivity contribution in [3.63, 3.8) is 0 Å². The van der Waals surface area contributed by atoms with Gasteiger partial charge in [-0.15, -0.1) is 11.3 Å². The molecule has 1 aromatic heterocycles. The highest BCUT2D eigenvalue weighted by Gasteiger charge is 2.39. The second kappa shape index (κ2) is 10.2. The van der Waals surface area contributed by atoms with Gasteiger partial charge in [-0.3, -0.25) is 0 Å². The van der Waals surface area contributed by atoms with Crippen LogP contribution in [0.5, 0.6) is 0 Å². The van der Waals surface area contributed by atoms with E-state index >= 15 is 0 Å². The minimum atomic E-state index is -0.107. The van der Waals surface area contributed by atoms with Crippen LogP contribution in [0, 0.1) is 0 Å². The molecule has 8 aromatic carbocycles. The molecule has 1 aliphatic rings. The molecule has 0 fully saturated rings. The van der Waals surface area contributed by atoms with Crippen LogP contribution in [0.25, 0.3) is 86.2 Å². The number of hydrogen-bond donors (Lipinski definition) is 0. The van der Waals surface area contributed by atoms with Crippen molar-refractivity contribution in [2.75, 3.05) is 0 Å². The fraction of sp³-hybridized carbons (Fsp3) is 0.0638. The lowest BCUT2D eigenvalue weighted by molar-refractivity contribution is 0.662. The number of fused-ring (bicyclic) bond motifs is 9. The van der Waals surface area contributed by atoms with Gasteiger partial charge in [-0.2, -0.15) is 0 Å². The van der Waals surface area contributed by atoms with E-state index in [0.29, 0.717) is 0 Å². The van der Waals surface area contributed by atoms with E-state index in [1.54, 1.807) is 0 Å². The lowest BCUT2D eigenvalue weighted by Gasteiger charge is -2.25. The van der Waals surface area contributed by atoms with Gasteiger partial charge in [-0.25, -0.2) is 0 Å². The molecular formula is C47H32S. The molecule has 0 atom stereocenters. The fourth-order valence-electron chi connectivity index (χ4n) is 8.55. The first kappa shape index (κ1) is 27.6. The molecule has 0 spiro atoms. The molecule has 1 aliphatic carbocycles. The predicted octanol–water partition coefficient (Wildman–Crippen LogP) is 13.7. The maximum absolute atomic E-state index is 2.48. The van der Waals surface area contributed by atoms with Crippen molar-refractivity contribution in [3.05, 3.63) is 169 Å². The first-order valence-electron chi connectivity index (χ1n) is 16.8. The average molecular weight is 629 g/mol. The van der Waals surface area contributed by atoms with Crippen LogP contribution in [0.4, 0.5) is 0 Å². The second-order valence-corrected chi connectivity index (χ2v) is 14.7. The molecule has 0 bridgehead atoms. The van der Waals surface area contributed by atoms with Crippen molar-refractivity contribution in [3.8, 4) is 44.5 Å². The van der Waals surface area contributed by atoms with Crippen molar-refractivity contribution in [2.24, 2.45) is 0 Å². The molecular weight excluding hydrogens is 597 g/mol. The van der Waals surface area contributed by atoms with Crippen molar-refractivity contribution in [1.29, 1.82) is 0 Å². The molecule has 1 heterocycles. The van der Waals surface area contributed by atoms with Crippen LogP contribution in [0.1, 0.15) is 25.0 Å². The largest absolute Gasteiger partial charge is 0.135 e. The van der Waals surface area contributed by atoms with Crippen molar-refractivity contribution >= 4 is 53.1 Å². The third-order valence-electron chi connectivity index (χ3n) is 10.6. The summed E-state index contributed by atoms with van der Waals surface area (Å²) in [6, 6.07) is 58.5. The van der Waals surface area contributed by atoms with Crippen LogP contribution in [0.3, 0.4) is 0 Å². The Morgan fingerprint density at radius 3 is 1.54 bits per heavy atom. The highest BCUT2D eigenvalue weighted by atomic mass is 32.1. The third kappa shape index (κ3) is 3.83. The van der Waals surface area contributed by atoms with E-state index in [4.69, 9.17) is 0 Å². The van der Waals surface area contributed by atoms with Crippen molar-refractivity contribution in [1.82, 2.24) is 0 Å². The van der Waals surface area contributed by atoms with Gasteiger partial charge in [-0.1, -0.05) is 159 Å². The summed E-state index contributed by atoms with van der Waals surface area (Å²) >= 11 is 1.94. The Morgan fingerprint density at radius 2 is 0.896 bits per heavy atom. The molecule has 0 radical (unpaired) electrons. The van der Waals surface area contributed by atoms with Crippen molar-refractivity contribution < 1.29 is 0 Å². The van der Waals surface area contributed by atoms with Crippen LogP contribution < -0.4 is 0 Å². The quantitative estimate of drug-likeness (QED) is 0.171. The standard InChI is InChI=1S/C47H32S/c1-47(2)40-22-12-10-21-37(40)44-45(47)38(28-39-32-16-11-13-23-41(32)48-46(39)44)29-24-26-31(27-25-29)43-35-19-8-6-17-33(35)42(30-14-4-3-5-15-30)34-18-7-9-20-36(34)43/h3-28H,1-2H3. The topological polar surface area (TPSA) is 0 Å². The van der Waals surface area contributed by atoms with Crippen LogP contribution in [-0.4, -0.2) is 0 Å². The summed E-state index contributed by atoms with van der Waals surface area (Å²) in [6.45, 7) is 4.81. The number of hydrogen-bond acceptors (Lipinski definition) is 1. The summed E-state index contributed by atoms with van der Waals surface area (Å²) in [5.74, 6) is 0. The number of benzene rings is 8. The van der Waals surface area contributed by atoms with E-state index in [1.807, 2.05) is 11.3 Å². The first-order chi connectivity index (χ1) is 23.6. The normalized spacial score (nSPS) is 13.4. The summed E-state index contributed by atoms with van der Waals surface area (Å²) in [4.78, 5) is 0. The zero-order chi connectivity index (χ0) is 32.0. The van der Waals surface area contributed by atoms with Gasteiger partial charge in [-0.05, 0) is 83.7 Å². The fourth-order valence-corrected chi connectivity index (χ4v) is 9.79. The summed E-state index contributed by atoms with van der Waals surface area (Å²) in [6.07, 6.45) is 0. The van der Waals surface area contributed by atoms with Crippen LogP contribution in [-0.2, 0) is 5.41 Å². The molecule has 48 heavy (non-hydrogen) atoms. The van der Waals surface area contributed by atoms with Crippen LogP contribution in [0.15, 0.2) is 158 Å². The monoisotopic (exact) mass is 628 g/mol. The Morgan fingerprint density at radius 1 is 0.396 bits per heavy atom. The van der Waals surface area contributed by atoms with Gasteiger partial charge in [0.05, 0.1) is 0 Å². The third-order valence-corrected chi connectivity index (χ3v) is 11.8. The molecule has 0 amide bonds. The lowest BCUT2D eigenvalue weighted by Crippen LogP contribution is -2.16. The van der Waals surface area contributed by atoms with E-state index < -0.39 is 0 Å². The van der Waals surface area contributed by atoms with Crippen molar-refractivity contribution in [2.45, 2.75) is 19.3 Å². The zero-order valence-corrected chi connectivity index (χ0v) is 27.7. The molecule has 0 N–H and O–H groups in total. The zero-order valence-electron chi connectivity index (χ0n) is 26.9. The number of rotatable bonds is 3. The molecule has 0 saturated carbocycles. The predicted molar refractivity (Wildman–Crippen MR) is 208 cm³/mol. The summed E-state index contributed by atoms with van der Waals surface area (Å²) < 4.78 is 2.75. The maximum Gasteiger partial charge on any atom is 0.0437 e. The van der Waals surface area contributed by atoms with Gasteiger partial charge in [0.1, 0.15) is 0 Å². The van der Waals surface area contributed by atoms with E-state index in [2.05, 4.69) is 172 Å². The molecule has 226 valence electrons. The minimum Gasteiger partial charge on any atom is -0.135 e. The van der Waals surface area contributed by atoms with Gasteiger partial charge in [0.2, 0.25) is 0 Å². The van der Waals surface area contributed by atoms with Gasteiger partial charge < -0.3 is 0 Å². The van der Waals surface area contributed by atoms with Crippen LogP contribution >= 0.6 is 11.3 Å². The highest BCUT2D eigenvalue weighted by Crippen LogP contribution is 2.57. The molecule has 0 nitrogen and oxygen atoms in total. The van der Waals surface area contributed by atoms with E-state index in [1.165, 1.54) is 97.4 Å². The Balaban J connectivity index is 1.22. The van der Waals surface area contributed by atoms with Gasteiger partial charge in [0.15, 0.2) is 0 Å². The minimum absolute atomic E-state index is 0.107. The SMILES string of the molecule is CC1(C)c2ccccc2-c2c1c(-c1ccc(-c3c4ccccc4c(-c4ccccc4)c4ccccc34)cc1)cc1c2sc2ccccc21. The number of thiophene rings is 1. The van der Waals surface area contributed by atoms with E-state index in [9.17, 15) is 0 Å². The Kier molecular flexibility index (Phi) is 5.89. The van der Waals surface area contributed by atoms with Crippen LogP contribution in [0.2, 0.25) is 0 Å². The van der Waals surface area contributed by atoms with E-state index in [0.717, 1.165) is 0 Å². The Labute approximate surface area is 284 Å². The molecule has 0 aliphatic heterocycles. The average Bonchev–Trinajstić information content (AvgIpc) is 3.63. The van der Waals surface area contributed by atoms with Gasteiger partial charge in [0.25, 0.3) is 0 Å². The summed E-state index contributed by atoms with van der Waals surface area (Å²) in [7, 11) is 0. The highest BCUT2D eigenvalue weighted by molar-refractivity contribution is 7.26. The second-order valence-electron chi connectivity index (χ2n) is 13.6. The molecule has 10 rings (SSSR count). The molecule has 0 unspecified atom stereocenters.